The second-order valence-corrected chi connectivity index (χ2v) is 10.2. The highest BCUT2D eigenvalue weighted by atomic mass is 32.1. The van der Waals surface area contributed by atoms with Gasteiger partial charge in [-0.25, -0.2) is 9.97 Å². The maximum Gasteiger partial charge on any atom is 0.155 e. The Morgan fingerprint density at radius 1 is 0.636 bits per heavy atom. The van der Waals surface area contributed by atoms with Gasteiger partial charge in [0.25, 0.3) is 0 Å². The third kappa shape index (κ3) is 2.34. The summed E-state index contributed by atoms with van der Waals surface area (Å²) < 4.78 is 0. The highest BCUT2D eigenvalue weighted by Crippen LogP contribution is 2.41. The topological polar surface area (TPSA) is 25.8 Å². The Morgan fingerprint density at radius 2 is 1.05 bits per heavy atom. The molecule has 0 aliphatic carbocycles. The van der Waals surface area contributed by atoms with Gasteiger partial charge in [-0.1, -0.05) is 22.7 Å². The molecule has 0 atom stereocenters. The summed E-state index contributed by atoms with van der Waals surface area (Å²) in [5.41, 5.74) is 2.53. The summed E-state index contributed by atoms with van der Waals surface area (Å²) in [6.07, 6.45) is 0. The Hall–Kier alpha value is -1.08. The molecule has 0 aromatic carbocycles. The molecule has 2 nitrogen and oxygen atoms in total. The average molecular weight is 363 g/mol. The van der Waals surface area contributed by atoms with Crippen molar-refractivity contribution >= 4 is 55.0 Å². The van der Waals surface area contributed by atoms with Gasteiger partial charge in [-0.2, -0.15) is 0 Å². The van der Waals surface area contributed by atoms with Crippen LogP contribution in [-0.2, 0) is 0 Å². The van der Waals surface area contributed by atoms with Crippen LogP contribution in [0.3, 0.4) is 0 Å². The summed E-state index contributed by atoms with van der Waals surface area (Å²) in [5, 5.41) is 2.20. The number of thiazole rings is 2. The lowest BCUT2D eigenvalue weighted by Crippen LogP contribution is -1.74. The molecule has 0 aliphatic rings. The van der Waals surface area contributed by atoms with Crippen molar-refractivity contribution in [2.75, 3.05) is 0 Å². The number of nitrogens with zero attached hydrogens (tertiary/aromatic N) is 2. The minimum atomic E-state index is 1.06. The van der Waals surface area contributed by atoms with Crippen LogP contribution >= 0.6 is 45.3 Å². The Balaban J connectivity index is 1.80. The van der Waals surface area contributed by atoms with Crippen LogP contribution in [0.15, 0.2) is 12.1 Å². The first kappa shape index (κ1) is 14.5. The van der Waals surface area contributed by atoms with Gasteiger partial charge in [0.2, 0.25) is 0 Å². The first-order valence-electron chi connectivity index (χ1n) is 6.93. The van der Waals surface area contributed by atoms with E-state index in [9.17, 15) is 0 Å². The van der Waals surface area contributed by atoms with Crippen LogP contribution in [0.5, 0.6) is 0 Å². The van der Waals surface area contributed by atoms with E-state index in [1.165, 1.54) is 30.6 Å². The second-order valence-electron chi connectivity index (χ2n) is 5.30. The zero-order valence-corrected chi connectivity index (χ0v) is 15.9. The van der Waals surface area contributed by atoms with Crippen molar-refractivity contribution < 1.29 is 0 Å². The first-order valence-corrected chi connectivity index (χ1v) is 10.2. The van der Waals surface area contributed by atoms with Gasteiger partial charge in [-0.15, -0.1) is 22.7 Å². The standard InChI is InChI=1S/C16H14N2S4/c1-7-5-11(9(3)19-7)13-17-15-16(21-13)18-14(22-15)12-6-8(2)20-10(12)4/h5-6H,1-4H3. The fourth-order valence-corrected chi connectivity index (χ4v) is 6.73. The third-order valence-corrected chi connectivity index (χ3v) is 7.54. The van der Waals surface area contributed by atoms with Crippen molar-refractivity contribution in [2.24, 2.45) is 0 Å². The number of fused-ring (bicyclic) bond motifs is 1. The van der Waals surface area contributed by atoms with E-state index in [0.717, 1.165) is 19.7 Å². The zero-order valence-electron chi connectivity index (χ0n) is 12.7. The van der Waals surface area contributed by atoms with E-state index < -0.39 is 0 Å². The number of hydrogen-bond acceptors (Lipinski definition) is 6. The number of aromatic nitrogens is 2. The monoisotopic (exact) mass is 362 g/mol. The summed E-state index contributed by atoms with van der Waals surface area (Å²) in [6.45, 7) is 8.63. The van der Waals surface area contributed by atoms with Crippen LogP contribution in [0.4, 0.5) is 0 Å². The minimum Gasteiger partial charge on any atom is -0.223 e. The van der Waals surface area contributed by atoms with Crippen LogP contribution in [-0.4, -0.2) is 9.97 Å². The number of rotatable bonds is 2. The maximum absolute atomic E-state index is 4.82. The van der Waals surface area contributed by atoms with Crippen molar-refractivity contribution in [3.8, 4) is 21.1 Å². The largest absolute Gasteiger partial charge is 0.223 e. The molecule has 4 rings (SSSR count). The number of hydrogen-bond donors (Lipinski definition) is 0. The van der Waals surface area contributed by atoms with Gasteiger partial charge in [-0.3, -0.25) is 0 Å². The lowest BCUT2D eigenvalue weighted by atomic mass is 10.2. The van der Waals surface area contributed by atoms with Crippen molar-refractivity contribution in [3.63, 3.8) is 0 Å². The molecule has 4 heterocycles. The van der Waals surface area contributed by atoms with Crippen molar-refractivity contribution in [1.82, 2.24) is 9.97 Å². The molecule has 0 N–H and O–H groups in total. The Labute approximate surface area is 145 Å². The smallest absolute Gasteiger partial charge is 0.155 e. The van der Waals surface area contributed by atoms with E-state index >= 15 is 0 Å². The van der Waals surface area contributed by atoms with Gasteiger partial charge >= 0.3 is 0 Å². The van der Waals surface area contributed by atoms with E-state index in [-0.39, 0.29) is 0 Å². The summed E-state index contributed by atoms with van der Waals surface area (Å²) in [7, 11) is 0. The van der Waals surface area contributed by atoms with Crippen molar-refractivity contribution in [2.45, 2.75) is 27.7 Å². The van der Waals surface area contributed by atoms with Gasteiger partial charge in [0, 0.05) is 30.6 Å². The fourth-order valence-electron chi connectivity index (χ4n) is 2.56. The molecule has 6 heteroatoms. The summed E-state index contributed by atoms with van der Waals surface area (Å²) in [5.74, 6) is 0. The molecular formula is C16H14N2S4. The Bertz CT molecular complexity index is 876. The lowest BCUT2D eigenvalue weighted by molar-refractivity contribution is 1.47. The van der Waals surface area contributed by atoms with E-state index in [1.807, 2.05) is 22.7 Å². The SMILES string of the molecule is Cc1cc(-c2nc3sc(-c4cc(C)sc4C)nc3s2)c(C)s1. The maximum atomic E-state index is 4.82. The van der Waals surface area contributed by atoms with Crippen molar-refractivity contribution in [1.29, 1.82) is 0 Å². The highest BCUT2D eigenvalue weighted by molar-refractivity contribution is 7.29. The number of aryl methyl sites for hydroxylation is 4. The van der Waals surface area contributed by atoms with Crippen molar-refractivity contribution in [3.05, 3.63) is 31.6 Å². The number of thiophene rings is 2. The molecule has 4 aromatic heterocycles. The van der Waals surface area contributed by atoms with Gasteiger partial charge in [-0.05, 0) is 39.8 Å². The molecule has 0 saturated heterocycles. The second kappa shape index (κ2) is 5.23. The molecule has 0 radical (unpaired) electrons. The molecule has 0 aliphatic heterocycles. The molecule has 112 valence electrons. The summed E-state index contributed by atoms with van der Waals surface area (Å²) >= 11 is 7.07. The molecule has 0 amide bonds. The molecule has 0 bridgehead atoms. The zero-order chi connectivity index (χ0) is 15.4. The predicted octanol–water partition coefficient (Wildman–Crippen LogP) is 6.44. The van der Waals surface area contributed by atoms with Crippen LogP contribution in [0.2, 0.25) is 0 Å². The molecule has 0 spiro atoms. The first-order chi connectivity index (χ1) is 10.5. The van der Waals surface area contributed by atoms with E-state index in [1.54, 1.807) is 22.7 Å². The molecule has 4 aromatic rings. The highest BCUT2D eigenvalue weighted by Gasteiger charge is 2.17. The molecule has 0 saturated carbocycles. The van der Waals surface area contributed by atoms with Gasteiger partial charge in [0.05, 0.1) is 0 Å². The van der Waals surface area contributed by atoms with E-state index in [0.29, 0.717) is 0 Å². The normalized spacial score (nSPS) is 11.6. The van der Waals surface area contributed by atoms with E-state index in [4.69, 9.17) is 9.97 Å². The molecule has 0 unspecified atom stereocenters. The van der Waals surface area contributed by atoms with Gasteiger partial charge in [0.1, 0.15) is 10.0 Å². The molecule has 22 heavy (non-hydrogen) atoms. The van der Waals surface area contributed by atoms with Crippen LogP contribution < -0.4 is 0 Å². The minimum absolute atomic E-state index is 1.06. The van der Waals surface area contributed by atoms with Crippen LogP contribution in [0.25, 0.3) is 30.8 Å². The molecular weight excluding hydrogens is 348 g/mol. The van der Waals surface area contributed by atoms with E-state index in [2.05, 4.69) is 39.8 Å². The Kier molecular flexibility index (Phi) is 3.45. The fraction of sp³-hybridized carbons (Fsp3) is 0.250. The van der Waals surface area contributed by atoms with Gasteiger partial charge < -0.3 is 0 Å². The molecule has 0 fully saturated rings. The van der Waals surface area contributed by atoms with Crippen LogP contribution in [0, 0.1) is 27.7 Å². The lowest BCUT2D eigenvalue weighted by Gasteiger charge is -1.93. The van der Waals surface area contributed by atoms with Crippen LogP contribution in [0.1, 0.15) is 19.5 Å². The summed E-state index contributed by atoms with van der Waals surface area (Å²) in [4.78, 5) is 17.1. The predicted molar refractivity (Wildman–Crippen MR) is 101 cm³/mol. The quantitative estimate of drug-likeness (QED) is 0.410. The average Bonchev–Trinajstić information content (AvgIpc) is 3.12. The Morgan fingerprint density at radius 3 is 1.36 bits per heavy atom. The summed E-state index contributed by atoms with van der Waals surface area (Å²) in [6, 6.07) is 4.46. The third-order valence-electron chi connectivity index (χ3n) is 3.52. The van der Waals surface area contributed by atoms with Gasteiger partial charge in [0.15, 0.2) is 9.66 Å².